The molecule has 1 aromatic heterocycles. The molecule has 0 saturated carbocycles. The Morgan fingerprint density at radius 1 is 1.15 bits per heavy atom. The molecule has 0 bridgehead atoms. The van der Waals surface area contributed by atoms with E-state index in [1.807, 2.05) is 6.92 Å². The van der Waals surface area contributed by atoms with Crippen LogP contribution in [0.5, 0.6) is 5.75 Å². The van der Waals surface area contributed by atoms with Gasteiger partial charge in [0.05, 0.1) is 17.6 Å². The first-order chi connectivity index (χ1) is 15.4. The minimum absolute atomic E-state index is 0.112. The number of fused-ring (bicyclic) bond motifs is 1. The summed E-state index contributed by atoms with van der Waals surface area (Å²) in [5, 5.41) is -0.180. The normalized spacial score (nSPS) is 18.4. The van der Waals surface area contributed by atoms with Gasteiger partial charge < -0.3 is 9.15 Å². The molecule has 0 radical (unpaired) electrons. The topological polar surface area (TPSA) is 76.8 Å². The van der Waals surface area contributed by atoms with Crippen LogP contribution in [-0.4, -0.2) is 29.9 Å². The smallest absolute Gasteiger partial charge is 0.417 e. The van der Waals surface area contributed by atoms with Crippen molar-refractivity contribution in [2.45, 2.75) is 59.6 Å². The van der Waals surface area contributed by atoms with E-state index in [4.69, 9.17) is 9.15 Å². The lowest BCUT2D eigenvalue weighted by atomic mass is 9.82. The fourth-order valence-electron chi connectivity index (χ4n) is 4.06. The van der Waals surface area contributed by atoms with E-state index < -0.39 is 22.8 Å². The summed E-state index contributed by atoms with van der Waals surface area (Å²) in [6.45, 7) is 7.66. The van der Waals surface area contributed by atoms with Crippen LogP contribution in [0.4, 0.5) is 13.2 Å². The number of rotatable bonds is 8. The van der Waals surface area contributed by atoms with Gasteiger partial charge in [0.15, 0.2) is 0 Å². The van der Waals surface area contributed by atoms with Crippen molar-refractivity contribution in [2.75, 3.05) is 13.2 Å². The second-order valence-electron chi connectivity index (χ2n) is 8.94. The van der Waals surface area contributed by atoms with Crippen molar-refractivity contribution in [3.8, 4) is 5.75 Å². The maximum atomic E-state index is 13.4. The summed E-state index contributed by atoms with van der Waals surface area (Å²) in [6.07, 6.45) is -2.63. The van der Waals surface area contributed by atoms with E-state index in [1.54, 1.807) is 20.8 Å². The van der Waals surface area contributed by atoms with Gasteiger partial charge in [-0.25, -0.2) is 4.79 Å². The van der Waals surface area contributed by atoms with Gasteiger partial charge in [0, 0.05) is 29.5 Å². The summed E-state index contributed by atoms with van der Waals surface area (Å²) < 4.78 is 51.1. The van der Waals surface area contributed by atoms with E-state index in [9.17, 15) is 27.6 Å². The fourth-order valence-corrected chi connectivity index (χ4v) is 4.06. The van der Waals surface area contributed by atoms with Gasteiger partial charge in [-0.15, -0.1) is 0 Å². The molecule has 1 saturated heterocycles. The first-order valence-corrected chi connectivity index (χ1v) is 11.0. The van der Waals surface area contributed by atoms with Crippen molar-refractivity contribution in [3.05, 3.63) is 39.7 Å². The van der Waals surface area contributed by atoms with Gasteiger partial charge in [0.2, 0.25) is 11.8 Å². The van der Waals surface area contributed by atoms with Crippen LogP contribution in [0.1, 0.15) is 58.1 Å². The predicted molar refractivity (Wildman–Crippen MR) is 116 cm³/mol. The van der Waals surface area contributed by atoms with E-state index in [0.717, 1.165) is 0 Å². The van der Waals surface area contributed by atoms with E-state index in [1.165, 1.54) is 17.0 Å². The van der Waals surface area contributed by atoms with Gasteiger partial charge >= 0.3 is 11.8 Å². The summed E-state index contributed by atoms with van der Waals surface area (Å²) in [5.41, 5.74) is -2.51. The van der Waals surface area contributed by atoms with E-state index in [2.05, 4.69) is 0 Å². The number of amides is 2. The number of carbonyl (C=O) groups is 2. The molecule has 0 spiro atoms. The predicted octanol–water partition coefficient (Wildman–Crippen LogP) is 4.95. The number of carbonyl (C=O) groups excluding carboxylic acids is 2. The number of imide groups is 1. The molecular weight excluding hydrogens is 439 g/mol. The van der Waals surface area contributed by atoms with Crippen molar-refractivity contribution >= 4 is 22.8 Å². The Morgan fingerprint density at radius 2 is 1.85 bits per heavy atom. The minimum Gasteiger partial charge on any atom is -0.493 e. The van der Waals surface area contributed by atoms with E-state index in [-0.39, 0.29) is 41.9 Å². The SMILES string of the molecule is CCCc1c(OCCCCN2C(=O)C(C)C(C)(C)C2=O)ccc2c(C(F)(F)F)cc(=O)oc12. The molecule has 2 heterocycles. The van der Waals surface area contributed by atoms with Crippen LogP contribution in [0.2, 0.25) is 0 Å². The summed E-state index contributed by atoms with van der Waals surface area (Å²) in [6, 6.07) is 3.17. The van der Waals surface area contributed by atoms with Crippen molar-refractivity contribution in [1.29, 1.82) is 0 Å². The highest BCUT2D eigenvalue weighted by Gasteiger charge is 2.50. The molecule has 6 nitrogen and oxygen atoms in total. The molecule has 9 heteroatoms. The Labute approximate surface area is 189 Å². The van der Waals surface area contributed by atoms with Crippen LogP contribution in [0, 0.1) is 11.3 Å². The van der Waals surface area contributed by atoms with E-state index in [0.29, 0.717) is 43.1 Å². The first-order valence-electron chi connectivity index (χ1n) is 11.0. The first kappa shape index (κ1) is 24.8. The molecule has 1 atom stereocenters. The van der Waals surface area contributed by atoms with Gasteiger partial charge in [-0.1, -0.05) is 34.1 Å². The standard InChI is InChI=1S/C24H28F3NO5/c1-5-8-16-18(10-9-15-17(24(25,26)27)13-19(29)33-20(15)16)32-12-7-6-11-28-21(30)14(2)23(3,4)22(28)31/h9-10,13-14H,5-8,11-12H2,1-4H3. The second-order valence-corrected chi connectivity index (χ2v) is 8.94. The highest BCUT2D eigenvalue weighted by molar-refractivity contribution is 6.06. The molecule has 1 unspecified atom stereocenters. The molecular formula is C24H28F3NO5. The number of aryl methyl sites for hydroxylation is 1. The molecule has 0 N–H and O–H groups in total. The monoisotopic (exact) mass is 467 g/mol. The zero-order valence-electron chi connectivity index (χ0n) is 19.2. The third-order valence-corrected chi connectivity index (χ3v) is 6.33. The number of hydrogen-bond donors (Lipinski definition) is 0. The maximum absolute atomic E-state index is 13.4. The third-order valence-electron chi connectivity index (χ3n) is 6.33. The molecule has 1 fully saturated rings. The molecule has 1 aromatic carbocycles. The van der Waals surface area contributed by atoms with Gasteiger partial charge in [-0.2, -0.15) is 13.2 Å². The molecule has 3 rings (SSSR count). The minimum atomic E-state index is -4.68. The van der Waals surface area contributed by atoms with Crippen LogP contribution in [0.3, 0.4) is 0 Å². The average molecular weight is 467 g/mol. The quantitative estimate of drug-likeness (QED) is 0.312. The number of benzene rings is 1. The zero-order chi connectivity index (χ0) is 24.6. The third kappa shape index (κ3) is 4.77. The summed E-state index contributed by atoms with van der Waals surface area (Å²) in [4.78, 5) is 37.9. The van der Waals surface area contributed by atoms with Gasteiger partial charge in [0.1, 0.15) is 11.3 Å². The van der Waals surface area contributed by atoms with Crippen LogP contribution in [0.15, 0.2) is 27.4 Å². The number of likely N-dealkylation sites (tertiary alicyclic amines) is 1. The van der Waals surface area contributed by atoms with Crippen molar-refractivity contribution < 1.29 is 31.9 Å². The lowest BCUT2D eigenvalue weighted by molar-refractivity contribution is -0.141. The number of nitrogens with zero attached hydrogens (tertiary/aromatic N) is 1. The molecule has 33 heavy (non-hydrogen) atoms. The number of unbranched alkanes of at least 4 members (excludes halogenated alkanes) is 1. The molecule has 180 valence electrons. The maximum Gasteiger partial charge on any atom is 0.417 e. The van der Waals surface area contributed by atoms with Crippen molar-refractivity contribution in [3.63, 3.8) is 0 Å². The molecule has 1 aliphatic heterocycles. The lowest BCUT2D eigenvalue weighted by Crippen LogP contribution is -2.34. The Hall–Kier alpha value is -2.84. The molecule has 2 aromatic rings. The number of halogens is 3. The largest absolute Gasteiger partial charge is 0.493 e. The van der Waals surface area contributed by atoms with Gasteiger partial charge in [0.25, 0.3) is 0 Å². The zero-order valence-corrected chi connectivity index (χ0v) is 19.2. The van der Waals surface area contributed by atoms with Gasteiger partial charge in [-0.3, -0.25) is 14.5 Å². The van der Waals surface area contributed by atoms with Crippen LogP contribution < -0.4 is 10.4 Å². The van der Waals surface area contributed by atoms with Crippen LogP contribution in [0.25, 0.3) is 11.0 Å². The Balaban J connectivity index is 1.72. The second kappa shape index (κ2) is 9.19. The lowest BCUT2D eigenvalue weighted by Gasteiger charge is -2.19. The molecule has 2 amide bonds. The highest BCUT2D eigenvalue weighted by Crippen LogP contribution is 2.38. The number of alkyl halides is 3. The summed E-state index contributed by atoms with van der Waals surface area (Å²) >= 11 is 0. The Morgan fingerprint density at radius 3 is 2.42 bits per heavy atom. The molecule has 0 aliphatic carbocycles. The van der Waals surface area contributed by atoms with Gasteiger partial charge in [-0.05, 0) is 31.4 Å². The van der Waals surface area contributed by atoms with E-state index >= 15 is 0 Å². The fraction of sp³-hybridized carbons (Fsp3) is 0.542. The van der Waals surface area contributed by atoms with Crippen molar-refractivity contribution in [2.24, 2.45) is 11.3 Å². The Bertz CT molecular complexity index is 1120. The Kier molecular flexibility index (Phi) is 6.91. The highest BCUT2D eigenvalue weighted by atomic mass is 19.4. The van der Waals surface area contributed by atoms with Crippen LogP contribution >= 0.6 is 0 Å². The number of hydrogen-bond acceptors (Lipinski definition) is 5. The average Bonchev–Trinajstić information content (AvgIpc) is 2.88. The summed E-state index contributed by atoms with van der Waals surface area (Å²) in [5.74, 6) is -0.376. The molecule has 1 aliphatic rings. The number of ether oxygens (including phenoxy) is 1. The summed E-state index contributed by atoms with van der Waals surface area (Å²) in [7, 11) is 0. The van der Waals surface area contributed by atoms with Crippen LogP contribution in [-0.2, 0) is 22.2 Å². The van der Waals surface area contributed by atoms with Crippen molar-refractivity contribution in [1.82, 2.24) is 4.90 Å².